The molecule has 0 amide bonds. The summed E-state index contributed by atoms with van der Waals surface area (Å²) in [5.41, 5.74) is 3.88. The van der Waals surface area contributed by atoms with Crippen LogP contribution in [0, 0.1) is 0 Å². The Morgan fingerprint density at radius 3 is 2.67 bits per heavy atom. The van der Waals surface area contributed by atoms with Crippen molar-refractivity contribution < 1.29 is 18.3 Å². The number of aromatic nitrogens is 1. The summed E-state index contributed by atoms with van der Waals surface area (Å²) in [4.78, 5) is 3.54. The Balaban J connectivity index is 3.06. The highest BCUT2D eigenvalue weighted by Gasteiger charge is 2.35. The minimum atomic E-state index is -4.50. The molecule has 1 aromatic heterocycles. The fourth-order valence-electron chi connectivity index (χ4n) is 1.22. The predicted molar refractivity (Wildman–Crippen MR) is 47.9 cm³/mol. The zero-order chi connectivity index (χ0) is 11.5. The SMILES string of the molecule is NCCC(O)c1ncccc1C(F)(F)F. The summed E-state index contributed by atoms with van der Waals surface area (Å²) >= 11 is 0. The van der Waals surface area contributed by atoms with E-state index in [2.05, 4.69) is 4.98 Å². The third kappa shape index (κ3) is 2.90. The lowest BCUT2D eigenvalue weighted by Crippen LogP contribution is -2.15. The van der Waals surface area contributed by atoms with Gasteiger partial charge in [-0.05, 0) is 25.1 Å². The number of hydrogen-bond donors (Lipinski definition) is 2. The molecule has 0 aromatic carbocycles. The number of rotatable bonds is 3. The largest absolute Gasteiger partial charge is 0.418 e. The molecule has 1 rings (SSSR count). The first kappa shape index (κ1) is 11.9. The van der Waals surface area contributed by atoms with Crippen molar-refractivity contribution in [2.24, 2.45) is 5.73 Å². The van der Waals surface area contributed by atoms with Crippen LogP contribution in [-0.2, 0) is 6.18 Å². The lowest BCUT2D eigenvalue weighted by molar-refractivity contribution is -0.139. The van der Waals surface area contributed by atoms with Crippen LogP contribution in [0.5, 0.6) is 0 Å². The van der Waals surface area contributed by atoms with Gasteiger partial charge in [0, 0.05) is 6.20 Å². The number of aliphatic hydroxyl groups is 1. The Kier molecular flexibility index (Phi) is 3.65. The summed E-state index contributed by atoms with van der Waals surface area (Å²) in [5, 5.41) is 9.42. The molecule has 0 saturated heterocycles. The van der Waals surface area contributed by atoms with Gasteiger partial charge in [-0.25, -0.2) is 0 Å². The molecule has 84 valence electrons. The van der Waals surface area contributed by atoms with Crippen molar-refractivity contribution in [3.63, 3.8) is 0 Å². The molecule has 3 nitrogen and oxygen atoms in total. The van der Waals surface area contributed by atoms with Gasteiger partial charge in [0.1, 0.15) is 0 Å². The highest BCUT2D eigenvalue weighted by molar-refractivity contribution is 5.24. The van der Waals surface area contributed by atoms with Gasteiger partial charge in [0.05, 0.1) is 17.4 Å². The second kappa shape index (κ2) is 4.59. The fourth-order valence-corrected chi connectivity index (χ4v) is 1.22. The maximum atomic E-state index is 12.5. The van der Waals surface area contributed by atoms with Crippen LogP contribution < -0.4 is 5.73 Å². The Morgan fingerprint density at radius 1 is 1.47 bits per heavy atom. The molecule has 1 atom stereocenters. The first-order chi connectivity index (χ1) is 6.96. The van der Waals surface area contributed by atoms with Crippen molar-refractivity contribution >= 4 is 0 Å². The first-order valence-corrected chi connectivity index (χ1v) is 4.37. The van der Waals surface area contributed by atoms with Crippen molar-refractivity contribution in [3.8, 4) is 0 Å². The molecule has 0 radical (unpaired) electrons. The van der Waals surface area contributed by atoms with Crippen LogP contribution in [0.15, 0.2) is 18.3 Å². The van der Waals surface area contributed by atoms with E-state index in [0.717, 1.165) is 6.07 Å². The highest BCUT2D eigenvalue weighted by atomic mass is 19.4. The number of nitrogens with zero attached hydrogens (tertiary/aromatic N) is 1. The fraction of sp³-hybridized carbons (Fsp3) is 0.444. The molecule has 1 heterocycles. The maximum absolute atomic E-state index is 12.5. The molecule has 6 heteroatoms. The summed E-state index contributed by atoms with van der Waals surface area (Å²) in [6, 6.07) is 2.07. The van der Waals surface area contributed by atoms with Gasteiger partial charge in [-0.15, -0.1) is 0 Å². The summed E-state index contributed by atoms with van der Waals surface area (Å²) < 4.78 is 37.4. The molecular formula is C9H11F3N2O. The van der Waals surface area contributed by atoms with E-state index in [0.29, 0.717) is 0 Å². The quantitative estimate of drug-likeness (QED) is 0.811. The lowest BCUT2D eigenvalue weighted by atomic mass is 10.1. The van der Waals surface area contributed by atoms with Crippen LogP contribution >= 0.6 is 0 Å². The summed E-state index contributed by atoms with van der Waals surface area (Å²) in [5.74, 6) is 0. The summed E-state index contributed by atoms with van der Waals surface area (Å²) in [7, 11) is 0. The standard InChI is InChI=1S/C9H11F3N2O/c10-9(11,12)6-2-1-5-14-8(6)7(15)3-4-13/h1-2,5,7,15H,3-4,13H2. The van der Waals surface area contributed by atoms with Crippen LogP contribution in [0.1, 0.15) is 23.8 Å². The zero-order valence-electron chi connectivity index (χ0n) is 7.83. The average Bonchev–Trinajstić information content (AvgIpc) is 2.17. The van der Waals surface area contributed by atoms with Crippen LogP contribution in [0.3, 0.4) is 0 Å². The number of alkyl halides is 3. The molecule has 0 aliphatic rings. The first-order valence-electron chi connectivity index (χ1n) is 4.37. The molecule has 0 aliphatic heterocycles. The van der Waals surface area contributed by atoms with Crippen LogP contribution in [0.25, 0.3) is 0 Å². The number of aliphatic hydroxyl groups excluding tert-OH is 1. The Labute approximate surface area is 84.7 Å². The van der Waals surface area contributed by atoms with Crippen LogP contribution in [0.4, 0.5) is 13.2 Å². The average molecular weight is 220 g/mol. The highest BCUT2D eigenvalue weighted by Crippen LogP contribution is 2.33. The minimum absolute atomic E-state index is 0.0556. The van der Waals surface area contributed by atoms with Crippen molar-refractivity contribution in [2.45, 2.75) is 18.7 Å². The molecule has 15 heavy (non-hydrogen) atoms. The molecule has 3 N–H and O–H groups in total. The van der Waals surface area contributed by atoms with Crippen molar-refractivity contribution in [3.05, 3.63) is 29.6 Å². The van der Waals surface area contributed by atoms with Crippen LogP contribution in [-0.4, -0.2) is 16.6 Å². The molecule has 0 saturated carbocycles. The van der Waals surface area contributed by atoms with E-state index in [4.69, 9.17) is 5.73 Å². The Bertz CT molecular complexity index is 327. The molecule has 1 aromatic rings. The zero-order valence-corrected chi connectivity index (χ0v) is 7.83. The number of halogens is 3. The van der Waals surface area contributed by atoms with E-state index in [1.165, 1.54) is 12.3 Å². The summed E-state index contributed by atoms with van der Waals surface area (Å²) in [6.07, 6.45) is -4.50. The molecule has 0 fully saturated rings. The number of pyridine rings is 1. The molecule has 0 bridgehead atoms. The Morgan fingerprint density at radius 2 is 2.13 bits per heavy atom. The van der Waals surface area contributed by atoms with Crippen LogP contribution in [0.2, 0.25) is 0 Å². The third-order valence-corrected chi connectivity index (χ3v) is 1.90. The monoisotopic (exact) mass is 220 g/mol. The normalized spacial score (nSPS) is 13.9. The predicted octanol–water partition coefficient (Wildman–Crippen LogP) is 1.48. The number of hydrogen-bond acceptors (Lipinski definition) is 3. The van der Waals surface area contributed by atoms with E-state index in [1.54, 1.807) is 0 Å². The van der Waals surface area contributed by atoms with E-state index < -0.39 is 17.8 Å². The van der Waals surface area contributed by atoms with E-state index in [-0.39, 0.29) is 18.7 Å². The van der Waals surface area contributed by atoms with Gasteiger partial charge in [0.15, 0.2) is 0 Å². The van der Waals surface area contributed by atoms with E-state index in [1.807, 2.05) is 0 Å². The molecule has 0 aliphatic carbocycles. The number of nitrogens with two attached hydrogens (primary N) is 1. The van der Waals surface area contributed by atoms with Gasteiger partial charge in [-0.2, -0.15) is 13.2 Å². The third-order valence-electron chi connectivity index (χ3n) is 1.90. The second-order valence-corrected chi connectivity index (χ2v) is 3.03. The topological polar surface area (TPSA) is 59.1 Å². The van der Waals surface area contributed by atoms with Crippen molar-refractivity contribution in [2.75, 3.05) is 6.54 Å². The van der Waals surface area contributed by atoms with Gasteiger partial charge in [-0.1, -0.05) is 0 Å². The molecular weight excluding hydrogens is 209 g/mol. The molecule has 1 unspecified atom stereocenters. The van der Waals surface area contributed by atoms with Gasteiger partial charge < -0.3 is 10.8 Å². The maximum Gasteiger partial charge on any atom is 0.418 e. The minimum Gasteiger partial charge on any atom is -0.387 e. The Hall–Kier alpha value is -1.14. The van der Waals surface area contributed by atoms with E-state index >= 15 is 0 Å². The smallest absolute Gasteiger partial charge is 0.387 e. The molecule has 0 spiro atoms. The van der Waals surface area contributed by atoms with Gasteiger partial charge in [0.25, 0.3) is 0 Å². The second-order valence-electron chi connectivity index (χ2n) is 3.03. The van der Waals surface area contributed by atoms with Gasteiger partial charge in [0.2, 0.25) is 0 Å². The van der Waals surface area contributed by atoms with Gasteiger partial charge >= 0.3 is 6.18 Å². The van der Waals surface area contributed by atoms with Gasteiger partial charge in [-0.3, -0.25) is 4.98 Å². The lowest BCUT2D eigenvalue weighted by Gasteiger charge is -2.15. The van der Waals surface area contributed by atoms with Crippen molar-refractivity contribution in [1.82, 2.24) is 4.98 Å². The summed E-state index contributed by atoms with van der Waals surface area (Å²) in [6.45, 7) is 0.106. The van der Waals surface area contributed by atoms with E-state index in [9.17, 15) is 18.3 Å². The van der Waals surface area contributed by atoms with Crippen molar-refractivity contribution in [1.29, 1.82) is 0 Å².